The number of fused-ring (bicyclic) bond motifs is 1. The number of alkyl halides is 1. The summed E-state index contributed by atoms with van der Waals surface area (Å²) in [6.45, 7) is 0. The van der Waals surface area contributed by atoms with Crippen molar-refractivity contribution < 1.29 is 9.59 Å². The molecule has 0 N–H and O–H groups in total. The number of hydrogen-bond acceptors (Lipinski definition) is 4. The van der Waals surface area contributed by atoms with Gasteiger partial charge < -0.3 is 0 Å². The second-order valence-electron chi connectivity index (χ2n) is 3.49. The number of carbonyl (C=O) groups excluding carboxylic acids is 2. The Kier molecular flexibility index (Phi) is 3.76. The summed E-state index contributed by atoms with van der Waals surface area (Å²) in [6, 6.07) is 0. The highest BCUT2D eigenvalue weighted by Gasteiger charge is 2.28. The van der Waals surface area contributed by atoms with Crippen molar-refractivity contribution in [2.24, 2.45) is 4.99 Å². The third-order valence-electron chi connectivity index (χ3n) is 2.26. The van der Waals surface area contributed by atoms with Gasteiger partial charge in [0, 0.05) is 22.7 Å². The van der Waals surface area contributed by atoms with Crippen LogP contribution in [0.1, 0.15) is 12.8 Å². The van der Waals surface area contributed by atoms with E-state index in [0.29, 0.717) is 6.42 Å². The molecular formula is C11H10BrNO2S. The Labute approximate surface area is 106 Å². The van der Waals surface area contributed by atoms with Crippen LogP contribution in [0.15, 0.2) is 28.1 Å². The molecule has 0 amide bonds. The lowest BCUT2D eigenvalue weighted by Gasteiger charge is -2.03. The Morgan fingerprint density at radius 1 is 1.50 bits per heavy atom. The van der Waals surface area contributed by atoms with Crippen LogP contribution in [0.3, 0.4) is 0 Å². The topological polar surface area (TPSA) is 46.5 Å². The molecule has 0 spiro atoms. The van der Waals surface area contributed by atoms with Gasteiger partial charge in [0.2, 0.25) is 0 Å². The Morgan fingerprint density at radius 2 is 2.31 bits per heavy atom. The lowest BCUT2D eigenvalue weighted by atomic mass is 10.1. The molecule has 0 saturated heterocycles. The number of Topliss-reactive ketones (excluding diaryl/α,β-unsaturated/α-hetero) is 1. The molecule has 0 fully saturated rings. The summed E-state index contributed by atoms with van der Waals surface area (Å²) in [6.07, 6.45) is 6.07. The summed E-state index contributed by atoms with van der Waals surface area (Å²) in [5.41, 5.74) is 0.766. The minimum atomic E-state index is -0.351. The Hall–Kier alpha value is -0.680. The second-order valence-corrected chi connectivity index (χ2v) is 5.40. The van der Waals surface area contributed by atoms with Gasteiger partial charge in [0.05, 0.1) is 5.71 Å². The van der Waals surface area contributed by atoms with E-state index in [2.05, 4.69) is 20.9 Å². The molecule has 2 aliphatic rings. The van der Waals surface area contributed by atoms with Gasteiger partial charge in [0.1, 0.15) is 0 Å². The van der Waals surface area contributed by atoms with Crippen LogP contribution in [0.4, 0.5) is 0 Å². The van der Waals surface area contributed by atoms with Gasteiger partial charge in [-0.15, -0.1) is 0 Å². The summed E-state index contributed by atoms with van der Waals surface area (Å²) >= 11 is 4.67. The van der Waals surface area contributed by atoms with Crippen LogP contribution in [0.25, 0.3) is 0 Å². The molecule has 0 bridgehead atoms. The van der Waals surface area contributed by atoms with Crippen LogP contribution >= 0.6 is 27.7 Å². The van der Waals surface area contributed by atoms with E-state index in [1.165, 1.54) is 17.8 Å². The van der Waals surface area contributed by atoms with Crippen molar-refractivity contribution in [1.29, 1.82) is 0 Å². The maximum Gasteiger partial charge on any atom is 0.179 e. The Bertz CT molecular complexity index is 426. The molecule has 84 valence electrons. The third kappa shape index (κ3) is 2.52. The normalized spacial score (nSPS) is 22.8. The molecule has 1 atom stereocenters. The van der Waals surface area contributed by atoms with E-state index in [-0.39, 0.29) is 16.9 Å². The predicted molar refractivity (Wildman–Crippen MR) is 69.1 cm³/mol. The number of thioether (sulfide) groups is 1. The summed E-state index contributed by atoms with van der Waals surface area (Å²) in [5.74, 6) is 0.100. The van der Waals surface area contributed by atoms with Crippen molar-refractivity contribution in [3.05, 3.63) is 23.1 Å². The van der Waals surface area contributed by atoms with E-state index in [4.69, 9.17) is 0 Å². The molecule has 0 aromatic heterocycles. The monoisotopic (exact) mass is 299 g/mol. The summed E-state index contributed by atoms with van der Waals surface area (Å²) < 4.78 is 0. The lowest BCUT2D eigenvalue weighted by Crippen LogP contribution is -2.12. The average Bonchev–Trinajstić information content (AvgIpc) is 2.68. The maximum absolute atomic E-state index is 11.7. The van der Waals surface area contributed by atoms with Gasteiger partial charge >= 0.3 is 0 Å². The van der Waals surface area contributed by atoms with Crippen LogP contribution in [0.5, 0.6) is 0 Å². The van der Waals surface area contributed by atoms with Gasteiger partial charge in [0.15, 0.2) is 16.9 Å². The molecule has 0 radical (unpaired) electrons. The summed E-state index contributed by atoms with van der Waals surface area (Å²) in [5, 5.41) is 0.476. The highest BCUT2D eigenvalue weighted by molar-refractivity contribution is 9.09. The van der Waals surface area contributed by atoms with Crippen molar-refractivity contribution in [2.45, 2.75) is 18.2 Å². The standard InChI is InChI=1S/C11H10BrNO2S/c12-5-1-2-9(15)11-13-8-4-3-7(14)6-10(8)16-11/h3-4,6,11H,1-2,5H2. The number of carbonyl (C=O) groups is 2. The van der Waals surface area contributed by atoms with Gasteiger partial charge in [-0.3, -0.25) is 14.6 Å². The smallest absolute Gasteiger partial charge is 0.179 e. The van der Waals surface area contributed by atoms with Crippen molar-refractivity contribution in [1.82, 2.24) is 0 Å². The Balaban J connectivity index is 2.05. The molecule has 1 aliphatic carbocycles. The first-order valence-corrected chi connectivity index (χ1v) is 6.98. The largest absolute Gasteiger partial charge is 0.296 e. The highest BCUT2D eigenvalue weighted by Crippen LogP contribution is 2.34. The number of hydrogen-bond donors (Lipinski definition) is 0. The fourth-order valence-electron chi connectivity index (χ4n) is 1.47. The van der Waals surface area contributed by atoms with Gasteiger partial charge in [-0.2, -0.15) is 0 Å². The van der Waals surface area contributed by atoms with Crippen molar-refractivity contribution in [3.8, 4) is 0 Å². The highest BCUT2D eigenvalue weighted by atomic mass is 79.9. The molecule has 0 aromatic rings. The number of aliphatic imine (C=N–C) groups is 1. The molecular weight excluding hydrogens is 290 g/mol. The molecule has 1 unspecified atom stereocenters. The average molecular weight is 300 g/mol. The van der Waals surface area contributed by atoms with Crippen molar-refractivity contribution >= 4 is 45.0 Å². The van der Waals surface area contributed by atoms with E-state index < -0.39 is 0 Å². The second kappa shape index (κ2) is 5.10. The molecule has 0 aromatic carbocycles. The van der Waals surface area contributed by atoms with Gasteiger partial charge in [-0.05, 0) is 18.6 Å². The minimum Gasteiger partial charge on any atom is -0.296 e. The maximum atomic E-state index is 11.7. The fraction of sp³-hybridized carbons (Fsp3) is 0.364. The molecule has 1 aliphatic heterocycles. The third-order valence-corrected chi connectivity index (χ3v) is 3.99. The first kappa shape index (κ1) is 11.8. The van der Waals surface area contributed by atoms with E-state index in [9.17, 15) is 9.59 Å². The molecule has 5 heteroatoms. The van der Waals surface area contributed by atoms with Crippen LogP contribution in [-0.4, -0.2) is 28.0 Å². The number of allylic oxidation sites excluding steroid dienone is 4. The van der Waals surface area contributed by atoms with Crippen molar-refractivity contribution in [2.75, 3.05) is 5.33 Å². The molecule has 3 nitrogen and oxygen atoms in total. The zero-order valence-corrected chi connectivity index (χ0v) is 10.9. The van der Waals surface area contributed by atoms with E-state index in [1.54, 1.807) is 12.2 Å². The zero-order chi connectivity index (χ0) is 11.5. The van der Waals surface area contributed by atoms with Crippen LogP contribution in [0, 0.1) is 0 Å². The predicted octanol–water partition coefficient (Wildman–Crippen LogP) is 2.27. The number of nitrogens with zero attached hydrogens (tertiary/aromatic N) is 1. The number of rotatable bonds is 4. The van der Waals surface area contributed by atoms with E-state index >= 15 is 0 Å². The molecule has 16 heavy (non-hydrogen) atoms. The number of halogens is 1. The van der Waals surface area contributed by atoms with Crippen LogP contribution in [0.2, 0.25) is 0 Å². The molecule has 2 rings (SSSR count). The summed E-state index contributed by atoms with van der Waals surface area (Å²) in [4.78, 5) is 28.0. The van der Waals surface area contributed by atoms with Crippen LogP contribution in [-0.2, 0) is 9.59 Å². The lowest BCUT2D eigenvalue weighted by molar-refractivity contribution is -0.118. The van der Waals surface area contributed by atoms with E-state index in [1.807, 2.05) is 0 Å². The molecule has 0 saturated carbocycles. The zero-order valence-electron chi connectivity index (χ0n) is 8.48. The number of ketones is 2. The minimum absolute atomic E-state index is 0.0324. The first-order chi connectivity index (χ1) is 7.70. The van der Waals surface area contributed by atoms with Crippen LogP contribution < -0.4 is 0 Å². The Morgan fingerprint density at radius 3 is 3.06 bits per heavy atom. The summed E-state index contributed by atoms with van der Waals surface area (Å²) in [7, 11) is 0. The first-order valence-electron chi connectivity index (χ1n) is 4.98. The van der Waals surface area contributed by atoms with Gasteiger partial charge in [-0.1, -0.05) is 27.7 Å². The van der Waals surface area contributed by atoms with Gasteiger partial charge in [-0.25, -0.2) is 0 Å². The SMILES string of the molecule is O=C1C=CC2=NC(C(=O)CCCBr)SC2=C1. The van der Waals surface area contributed by atoms with E-state index in [0.717, 1.165) is 22.4 Å². The van der Waals surface area contributed by atoms with Gasteiger partial charge in [0.25, 0.3) is 0 Å². The molecule has 1 heterocycles. The van der Waals surface area contributed by atoms with Crippen molar-refractivity contribution in [3.63, 3.8) is 0 Å². The quantitative estimate of drug-likeness (QED) is 0.591. The fourth-order valence-corrected chi connectivity index (χ4v) is 2.83.